The number of para-hydroxylation sites is 1. The maximum Gasteiger partial charge on any atom is 0.335 e. The number of carbonyl (C=O) groups excluding carboxylic acids is 1. The second-order valence-corrected chi connectivity index (χ2v) is 7.06. The van der Waals surface area contributed by atoms with Gasteiger partial charge in [0.1, 0.15) is 5.75 Å². The highest BCUT2D eigenvalue weighted by Crippen LogP contribution is 2.38. The molecular weight excluding hydrogens is 358 g/mol. The van der Waals surface area contributed by atoms with Crippen molar-refractivity contribution in [3.05, 3.63) is 64.1 Å². The van der Waals surface area contributed by atoms with E-state index in [1.165, 1.54) is 23.1 Å². The predicted molar refractivity (Wildman–Crippen MR) is 102 cm³/mol. The molecule has 1 heterocycles. The molecule has 1 saturated heterocycles. The van der Waals surface area contributed by atoms with Gasteiger partial charge in [-0.15, -0.1) is 0 Å². The number of carboxylic acids is 1. The van der Waals surface area contributed by atoms with Gasteiger partial charge in [-0.1, -0.05) is 48.2 Å². The van der Waals surface area contributed by atoms with Crippen LogP contribution in [0.1, 0.15) is 21.5 Å². The molecule has 2 N–H and O–H groups in total. The maximum atomic E-state index is 12.8. The minimum atomic E-state index is -1.07. The van der Waals surface area contributed by atoms with Crippen LogP contribution >= 0.6 is 24.0 Å². The molecule has 126 valence electrons. The van der Waals surface area contributed by atoms with Gasteiger partial charge >= 0.3 is 5.97 Å². The smallest absolute Gasteiger partial charge is 0.335 e. The number of thioether (sulfide) groups is 1. The van der Waals surface area contributed by atoms with Crippen molar-refractivity contribution in [2.75, 3.05) is 4.90 Å². The van der Waals surface area contributed by atoms with Gasteiger partial charge in [-0.2, -0.15) is 0 Å². The number of anilines is 1. The quantitative estimate of drug-likeness (QED) is 0.631. The van der Waals surface area contributed by atoms with Crippen LogP contribution in [-0.2, 0) is 4.79 Å². The first-order valence-corrected chi connectivity index (χ1v) is 8.51. The van der Waals surface area contributed by atoms with Crippen LogP contribution in [0.25, 0.3) is 6.08 Å². The molecule has 0 spiro atoms. The van der Waals surface area contributed by atoms with Gasteiger partial charge in [0.25, 0.3) is 5.91 Å². The number of carboxylic acid groups (broad SMARTS) is 1. The highest BCUT2D eigenvalue weighted by atomic mass is 32.2. The molecule has 0 saturated carbocycles. The molecule has 0 unspecified atom stereocenters. The van der Waals surface area contributed by atoms with Gasteiger partial charge in [-0.3, -0.25) is 9.69 Å². The molecule has 7 heteroatoms. The van der Waals surface area contributed by atoms with Gasteiger partial charge in [-0.05, 0) is 36.8 Å². The van der Waals surface area contributed by atoms with E-state index in [4.69, 9.17) is 12.2 Å². The number of amides is 1. The summed E-state index contributed by atoms with van der Waals surface area (Å²) in [7, 11) is 0. The zero-order valence-corrected chi connectivity index (χ0v) is 14.7. The van der Waals surface area contributed by atoms with Crippen molar-refractivity contribution in [3.63, 3.8) is 0 Å². The summed E-state index contributed by atoms with van der Waals surface area (Å²) in [5.74, 6) is -1.35. The average Bonchev–Trinajstić information content (AvgIpc) is 2.84. The molecule has 3 rings (SSSR count). The van der Waals surface area contributed by atoms with Crippen LogP contribution in [0.4, 0.5) is 5.69 Å². The van der Waals surface area contributed by atoms with Crippen molar-refractivity contribution in [2.24, 2.45) is 0 Å². The lowest BCUT2D eigenvalue weighted by molar-refractivity contribution is -0.113. The average molecular weight is 371 g/mol. The highest BCUT2D eigenvalue weighted by molar-refractivity contribution is 8.27. The van der Waals surface area contributed by atoms with E-state index in [1.807, 2.05) is 0 Å². The first kappa shape index (κ1) is 17.2. The van der Waals surface area contributed by atoms with Crippen LogP contribution in [0, 0.1) is 6.92 Å². The molecule has 1 amide bonds. The van der Waals surface area contributed by atoms with Crippen LogP contribution < -0.4 is 4.90 Å². The molecule has 5 nitrogen and oxygen atoms in total. The summed E-state index contributed by atoms with van der Waals surface area (Å²) in [5, 5.41) is 19.0. The Bertz CT molecular complexity index is 936. The first-order chi connectivity index (χ1) is 11.9. The zero-order valence-electron chi connectivity index (χ0n) is 13.1. The van der Waals surface area contributed by atoms with E-state index in [-0.39, 0.29) is 17.2 Å². The Hall–Kier alpha value is -2.64. The van der Waals surface area contributed by atoms with E-state index in [0.717, 1.165) is 17.3 Å². The molecule has 2 aromatic carbocycles. The van der Waals surface area contributed by atoms with Crippen LogP contribution in [0.5, 0.6) is 5.75 Å². The minimum absolute atomic E-state index is 0.0665. The number of aromatic hydroxyl groups is 1. The standard InChI is InChI=1S/C18H13NO4S2/c1-10-6-7-12(17(22)23)8-13(10)19-16(21)15(25-18(19)24)9-11-4-2-3-5-14(11)20/h2-9,20H,1H3,(H,22,23). The molecule has 0 aromatic heterocycles. The number of aryl methyl sites for hydroxylation is 1. The number of phenols is 1. The molecule has 0 radical (unpaired) electrons. The lowest BCUT2D eigenvalue weighted by Crippen LogP contribution is -2.28. The van der Waals surface area contributed by atoms with Crippen LogP contribution in [-0.4, -0.2) is 26.4 Å². The summed E-state index contributed by atoms with van der Waals surface area (Å²) < 4.78 is 0.317. The number of nitrogens with zero attached hydrogens (tertiary/aromatic N) is 1. The van der Waals surface area contributed by atoms with Crippen LogP contribution in [0.2, 0.25) is 0 Å². The third-order valence-electron chi connectivity index (χ3n) is 3.71. The van der Waals surface area contributed by atoms with E-state index in [2.05, 4.69) is 0 Å². The van der Waals surface area contributed by atoms with Crippen molar-refractivity contribution in [1.29, 1.82) is 0 Å². The molecule has 1 fully saturated rings. The molecule has 1 aliphatic heterocycles. The summed E-state index contributed by atoms with van der Waals surface area (Å²) in [6.45, 7) is 1.78. The fraction of sp³-hybridized carbons (Fsp3) is 0.0556. The van der Waals surface area contributed by atoms with Crippen LogP contribution in [0.3, 0.4) is 0 Å². The van der Waals surface area contributed by atoms with Crippen molar-refractivity contribution < 1.29 is 19.8 Å². The molecule has 25 heavy (non-hydrogen) atoms. The van der Waals surface area contributed by atoms with Gasteiger partial charge < -0.3 is 10.2 Å². The zero-order chi connectivity index (χ0) is 18.1. The van der Waals surface area contributed by atoms with Gasteiger partial charge in [0.2, 0.25) is 0 Å². The Labute approximate surface area is 153 Å². The lowest BCUT2D eigenvalue weighted by Gasteiger charge is -2.17. The summed E-state index contributed by atoms with van der Waals surface area (Å²) in [5.41, 5.74) is 1.78. The largest absolute Gasteiger partial charge is 0.507 e. The third-order valence-corrected chi connectivity index (χ3v) is 5.02. The number of rotatable bonds is 3. The first-order valence-electron chi connectivity index (χ1n) is 7.28. The molecule has 0 aliphatic carbocycles. The highest BCUT2D eigenvalue weighted by Gasteiger charge is 2.34. The van der Waals surface area contributed by atoms with E-state index < -0.39 is 5.97 Å². The minimum Gasteiger partial charge on any atom is -0.507 e. The van der Waals surface area contributed by atoms with E-state index in [1.54, 1.807) is 37.3 Å². The Balaban J connectivity index is 2.02. The molecular formula is C18H13NO4S2. The summed E-state index contributed by atoms with van der Waals surface area (Å²) >= 11 is 6.43. The number of aromatic carboxylic acids is 1. The Kier molecular flexibility index (Phi) is 4.61. The lowest BCUT2D eigenvalue weighted by atomic mass is 10.1. The monoisotopic (exact) mass is 371 g/mol. The topological polar surface area (TPSA) is 77.8 Å². The van der Waals surface area contributed by atoms with Gasteiger partial charge in [0.15, 0.2) is 4.32 Å². The fourth-order valence-electron chi connectivity index (χ4n) is 2.41. The van der Waals surface area contributed by atoms with Crippen molar-refractivity contribution in [2.45, 2.75) is 6.92 Å². The van der Waals surface area contributed by atoms with Gasteiger partial charge in [-0.25, -0.2) is 4.79 Å². The van der Waals surface area contributed by atoms with Crippen molar-refractivity contribution >= 4 is 51.9 Å². The Morgan fingerprint density at radius 1 is 1.24 bits per heavy atom. The number of hydrogen-bond acceptors (Lipinski definition) is 5. The van der Waals surface area contributed by atoms with Gasteiger partial charge in [0, 0.05) is 5.56 Å². The number of phenolic OH excluding ortho intramolecular Hbond substituents is 1. The SMILES string of the molecule is Cc1ccc(C(=O)O)cc1N1C(=O)C(=Cc2ccccc2O)SC1=S. The Morgan fingerprint density at radius 2 is 1.96 bits per heavy atom. The molecule has 2 aromatic rings. The number of carbonyl (C=O) groups is 2. The van der Waals surface area contributed by atoms with Crippen molar-refractivity contribution in [3.8, 4) is 5.75 Å². The number of hydrogen-bond donors (Lipinski definition) is 2. The summed E-state index contributed by atoms with van der Waals surface area (Å²) in [6, 6.07) is 11.2. The predicted octanol–water partition coefficient (Wildman–Crippen LogP) is 3.80. The fourth-order valence-corrected chi connectivity index (χ4v) is 3.69. The number of benzene rings is 2. The Morgan fingerprint density at radius 3 is 2.64 bits per heavy atom. The van der Waals surface area contributed by atoms with E-state index >= 15 is 0 Å². The second-order valence-electron chi connectivity index (χ2n) is 5.38. The second kappa shape index (κ2) is 6.70. The van der Waals surface area contributed by atoms with Gasteiger partial charge in [0.05, 0.1) is 16.2 Å². The maximum absolute atomic E-state index is 12.8. The molecule has 0 bridgehead atoms. The third kappa shape index (κ3) is 3.29. The van der Waals surface area contributed by atoms with E-state index in [0.29, 0.717) is 20.5 Å². The molecule has 0 atom stereocenters. The summed E-state index contributed by atoms with van der Waals surface area (Å²) in [6.07, 6.45) is 1.57. The number of thiocarbonyl (C=S) groups is 1. The van der Waals surface area contributed by atoms with E-state index in [9.17, 15) is 19.8 Å². The van der Waals surface area contributed by atoms with Crippen molar-refractivity contribution in [1.82, 2.24) is 0 Å². The summed E-state index contributed by atoms with van der Waals surface area (Å²) in [4.78, 5) is 25.7. The normalized spacial score (nSPS) is 15.9. The molecule has 1 aliphatic rings. The van der Waals surface area contributed by atoms with Crippen LogP contribution in [0.15, 0.2) is 47.4 Å².